The number of aromatic nitrogens is 1. The van der Waals surface area contributed by atoms with Crippen LogP contribution in [0.3, 0.4) is 0 Å². The Labute approximate surface area is 81.2 Å². The highest BCUT2D eigenvalue weighted by Crippen LogP contribution is 2.15. The molecule has 0 N–H and O–H groups in total. The van der Waals surface area contributed by atoms with E-state index in [4.69, 9.17) is 4.74 Å². The van der Waals surface area contributed by atoms with Gasteiger partial charge in [0, 0.05) is 6.07 Å². The number of pyridine rings is 1. The summed E-state index contributed by atoms with van der Waals surface area (Å²) in [7, 11) is 0. The molecule has 0 bridgehead atoms. The van der Waals surface area contributed by atoms with Gasteiger partial charge in [0.05, 0.1) is 12.2 Å². The maximum Gasteiger partial charge on any atom is 0.363 e. The molecule has 0 aliphatic carbocycles. The van der Waals surface area contributed by atoms with Crippen molar-refractivity contribution in [3.05, 3.63) is 40.6 Å². The van der Waals surface area contributed by atoms with E-state index >= 15 is 0 Å². The van der Waals surface area contributed by atoms with Crippen LogP contribution in [0.2, 0.25) is 0 Å². The first kappa shape index (κ1) is 10.2. The predicted octanol–water partition coefficient (Wildman–Crippen LogP) is 2.00. The van der Waals surface area contributed by atoms with Crippen molar-refractivity contribution in [2.45, 2.75) is 6.92 Å². The lowest BCUT2D eigenvalue weighted by atomic mass is 10.2. The van der Waals surface area contributed by atoms with Crippen LogP contribution < -0.4 is 0 Å². The summed E-state index contributed by atoms with van der Waals surface area (Å²) < 4.78 is 5.12. The molecule has 5 nitrogen and oxygen atoms in total. The summed E-state index contributed by atoms with van der Waals surface area (Å²) in [6.45, 7) is 6.00. The van der Waals surface area contributed by atoms with Gasteiger partial charge in [0.1, 0.15) is 5.76 Å². The molecule has 0 saturated carbocycles. The fourth-order valence-electron chi connectivity index (χ4n) is 0.917. The molecule has 0 radical (unpaired) electrons. The van der Waals surface area contributed by atoms with Gasteiger partial charge in [0.25, 0.3) is 0 Å². The lowest BCUT2D eigenvalue weighted by molar-refractivity contribution is -0.389. The van der Waals surface area contributed by atoms with Gasteiger partial charge >= 0.3 is 5.82 Å². The first-order valence-electron chi connectivity index (χ1n) is 4.07. The van der Waals surface area contributed by atoms with Crippen LogP contribution in [0, 0.1) is 10.1 Å². The molecule has 5 heteroatoms. The van der Waals surface area contributed by atoms with Gasteiger partial charge in [0.15, 0.2) is 6.20 Å². The van der Waals surface area contributed by atoms with Crippen LogP contribution in [0.15, 0.2) is 24.9 Å². The van der Waals surface area contributed by atoms with E-state index in [1.807, 2.05) is 6.92 Å². The van der Waals surface area contributed by atoms with Gasteiger partial charge in [-0.1, -0.05) is 6.58 Å². The SMILES string of the molecule is C=C(OCC)c1ccc([N+](=O)[O-])nc1. The highest BCUT2D eigenvalue weighted by molar-refractivity contribution is 5.56. The third kappa shape index (κ3) is 2.29. The molecular formula is C9H10N2O3. The van der Waals surface area contributed by atoms with Gasteiger partial charge in [-0.05, 0) is 22.9 Å². The first-order chi connectivity index (χ1) is 6.65. The van der Waals surface area contributed by atoms with E-state index in [0.717, 1.165) is 0 Å². The Balaban J connectivity index is 2.83. The summed E-state index contributed by atoms with van der Waals surface area (Å²) in [6, 6.07) is 2.88. The van der Waals surface area contributed by atoms with Gasteiger partial charge in [-0.2, -0.15) is 0 Å². The summed E-state index contributed by atoms with van der Waals surface area (Å²) in [5.74, 6) is 0.285. The Bertz CT molecular complexity index is 346. The maximum atomic E-state index is 10.3. The van der Waals surface area contributed by atoms with Crippen LogP contribution in [-0.4, -0.2) is 16.5 Å². The third-order valence-electron chi connectivity index (χ3n) is 1.58. The average molecular weight is 194 g/mol. The molecule has 14 heavy (non-hydrogen) atoms. The second-order valence-corrected chi connectivity index (χ2v) is 2.52. The highest BCUT2D eigenvalue weighted by Gasteiger charge is 2.08. The van der Waals surface area contributed by atoms with Gasteiger partial charge in [-0.25, -0.2) is 0 Å². The van der Waals surface area contributed by atoms with Gasteiger partial charge in [-0.3, -0.25) is 0 Å². The Morgan fingerprint density at radius 2 is 2.43 bits per heavy atom. The normalized spacial score (nSPS) is 9.50. The molecule has 1 aromatic heterocycles. The molecule has 0 aliphatic rings. The van der Waals surface area contributed by atoms with Crippen molar-refractivity contribution in [1.82, 2.24) is 4.98 Å². The van der Waals surface area contributed by atoms with Gasteiger partial charge < -0.3 is 14.9 Å². The van der Waals surface area contributed by atoms with Crippen LogP contribution >= 0.6 is 0 Å². The number of nitro groups is 1. The zero-order chi connectivity index (χ0) is 10.6. The summed E-state index contributed by atoms with van der Waals surface area (Å²) in [5, 5.41) is 10.3. The minimum atomic E-state index is -0.548. The zero-order valence-electron chi connectivity index (χ0n) is 7.77. The molecule has 0 aliphatic heterocycles. The van der Waals surface area contributed by atoms with Gasteiger partial charge in [0.2, 0.25) is 0 Å². The van der Waals surface area contributed by atoms with E-state index in [9.17, 15) is 10.1 Å². The Kier molecular flexibility index (Phi) is 3.17. The van der Waals surface area contributed by atoms with Crippen molar-refractivity contribution >= 4 is 11.6 Å². The Morgan fingerprint density at radius 3 is 2.86 bits per heavy atom. The number of nitrogens with zero attached hydrogens (tertiary/aromatic N) is 2. The molecule has 1 heterocycles. The first-order valence-corrected chi connectivity index (χ1v) is 4.07. The summed E-state index contributed by atoms with van der Waals surface area (Å²) in [4.78, 5) is 13.4. The number of ether oxygens (including phenoxy) is 1. The monoisotopic (exact) mass is 194 g/mol. The maximum absolute atomic E-state index is 10.3. The molecule has 0 amide bonds. The van der Waals surface area contributed by atoms with Gasteiger partial charge in [-0.15, -0.1) is 0 Å². The topological polar surface area (TPSA) is 65.3 Å². The van der Waals surface area contributed by atoms with Crippen molar-refractivity contribution in [3.63, 3.8) is 0 Å². The summed E-state index contributed by atoms with van der Waals surface area (Å²) in [6.07, 6.45) is 1.37. The summed E-state index contributed by atoms with van der Waals surface area (Å²) in [5.41, 5.74) is 0.650. The molecule has 0 unspecified atom stereocenters. The largest absolute Gasteiger partial charge is 0.494 e. The Morgan fingerprint density at radius 1 is 1.71 bits per heavy atom. The third-order valence-corrected chi connectivity index (χ3v) is 1.58. The van der Waals surface area contributed by atoms with Crippen LogP contribution in [0.5, 0.6) is 0 Å². The second-order valence-electron chi connectivity index (χ2n) is 2.52. The number of hydrogen-bond acceptors (Lipinski definition) is 4. The van der Waals surface area contributed by atoms with E-state index < -0.39 is 4.92 Å². The average Bonchev–Trinajstić information content (AvgIpc) is 2.18. The lowest BCUT2D eigenvalue weighted by Crippen LogP contribution is -1.94. The van der Waals surface area contributed by atoms with Crippen molar-refractivity contribution in [1.29, 1.82) is 0 Å². The fourth-order valence-corrected chi connectivity index (χ4v) is 0.917. The quantitative estimate of drug-likeness (QED) is 0.417. The van der Waals surface area contributed by atoms with E-state index in [2.05, 4.69) is 11.6 Å². The molecule has 0 fully saturated rings. The standard InChI is InChI=1S/C9H10N2O3/c1-3-14-7(2)8-4-5-9(10-6-8)11(12)13/h4-6H,2-3H2,1H3. The zero-order valence-corrected chi connectivity index (χ0v) is 7.77. The predicted molar refractivity (Wildman–Crippen MR) is 51.6 cm³/mol. The molecule has 1 aromatic rings. The number of hydrogen-bond donors (Lipinski definition) is 0. The minimum absolute atomic E-state index is 0.182. The van der Waals surface area contributed by atoms with Crippen molar-refractivity contribution in [2.75, 3.05) is 6.61 Å². The molecule has 1 rings (SSSR count). The molecular weight excluding hydrogens is 184 g/mol. The smallest absolute Gasteiger partial charge is 0.363 e. The van der Waals surface area contributed by atoms with Crippen LogP contribution in [0.4, 0.5) is 5.82 Å². The second kappa shape index (κ2) is 4.36. The highest BCUT2D eigenvalue weighted by atomic mass is 16.6. The molecule has 0 aromatic carbocycles. The summed E-state index contributed by atoms with van der Waals surface area (Å²) >= 11 is 0. The van der Waals surface area contributed by atoms with Crippen LogP contribution in [0.25, 0.3) is 5.76 Å². The van der Waals surface area contributed by atoms with E-state index in [1.165, 1.54) is 12.3 Å². The molecule has 0 spiro atoms. The van der Waals surface area contributed by atoms with E-state index in [1.54, 1.807) is 6.07 Å². The van der Waals surface area contributed by atoms with Crippen molar-refractivity contribution < 1.29 is 9.66 Å². The van der Waals surface area contributed by atoms with Crippen molar-refractivity contribution in [2.24, 2.45) is 0 Å². The molecule has 74 valence electrons. The van der Waals surface area contributed by atoms with Crippen molar-refractivity contribution in [3.8, 4) is 0 Å². The lowest BCUT2D eigenvalue weighted by Gasteiger charge is -2.03. The molecule has 0 atom stereocenters. The number of rotatable bonds is 4. The van der Waals surface area contributed by atoms with Crippen LogP contribution in [-0.2, 0) is 4.74 Å². The Hall–Kier alpha value is -1.91. The van der Waals surface area contributed by atoms with E-state index in [0.29, 0.717) is 17.9 Å². The van der Waals surface area contributed by atoms with Crippen LogP contribution in [0.1, 0.15) is 12.5 Å². The molecule has 0 saturated heterocycles. The minimum Gasteiger partial charge on any atom is -0.494 e. The van der Waals surface area contributed by atoms with E-state index in [-0.39, 0.29) is 5.82 Å². The fraction of sp³-hybridized carbons (Fsp3) is 0.222.